The molecular formula is C15H28N2O. The van der Waals surface area contributed by atoms with Crippen molar-refractivity contribution in [1.29, 1.82) is 0 Å². The summed E-state index contributed by atoms with van der Waals surface area (Å²) in [5.41, 5.74) is 0.339. The third-order valence-electron chi connectivity index (χ3n) is 5.72. The monoisotopic (exact) mass is 252 g/mol. The number of methoxy groups -OCH3 is 1. The zero-order chi connectivity index (χ0) is 12.8. The van der Waals surface area contributed by atoms with Gasteiger partial charge in [-0.2, -0.15) is 0 Å². The summed E-state index contributed by atoms with van der Waals surface area (Å²) >= 11 is 0. The molecule has 2 aliphatic heterocycles. The molecule has 3 atom stereocenters. The van der Waals surface area contributed by atoms with E-state index in [-0.39, 0.29) is 0 Å². The Hall–Kier alpha value is -0.120. The molecule has 0 amide bonds. The molecule has 0 radical (unpaired) electrons. The summed E-state index contributed by atoms with van der Waals surface area (Å²) in [4.78, 5) is 5.47. The van der Waals surface area contributed by atoms with Gasteiger partial charge in [0.2, 0.25) is 0 Å². The van der Waals surface area contributed by atoms with Crippen LogP contribution >= 0.6 is 0 Å². The van der Waals surface area contributed by atoms with E-state index in [1.165, 1.54) is 51.9 Å². The standard InChI is InChI=1S/C15H28N2O/c1-15(2)13(10-14(15)18-3)17-9-8-16-7-5-4-6-12(16)11-17/h12-14H,4-11H2,1-3H3. The molecule has 3 rings (SSSR count). The zero-order valence-electron chi connectivity index (χ0n) is 12.2. The van der Waals surface area contributed by atoms with Crippen LogP contribution in [0.5, 0.6) is 0 Å². The van der Waals surface area contributed by atoms with Crippen molar-refractivity contribution >= 4 is 0 Å². The minimum absolute atomic E-state index is 0.339. The molecule has 3 unspecified atom stereocenters. The summed E-state index contributed by atoms with van der Waals surface area (Å²) in [6.45, 7) is 9.94. The summed E-state index contributed by atoms with van der Waals surface area (Å²) in [5, 5.41) is 0. The minimum Gasteiger partial charge on any atom is -0.381 e. The molecule has 2 saturated heterocycles. The molecule has 0 aromatic rings. The third kappa shape index (κ3) is 2.00. The highest BCUT2D eigenvalue weighted by atomic mass is 16.5. The maximum absolute atomic E-state index is 5.59. The molecule has 0 aromatic heterocycles. The first-order chi connectivity index (χ1) is 8.63. The van der Waals surface area contributed by atoms with Crippen LogP contribution in [-0.2, 0) is 4.74 Å². The maximum Gasteiger partial charge on any atom is 0.0652 e. The van der Waals surface area contributed by atoms with Crippen molar-refractivity contribution in [3.05, 3.63) is 0 Å². The average molecular weight is 252 g/mol. The Labute approximate surface area is 111 Å². The van der Waals surface area contributed by atoms with E-state index < -0.39 is 0 Å². The van der Waals surface area contributed by atoms with Gasteiger partial charge in [-0.15, -0.1) is 0 Å². The predicted molar refractivity (Wildman–Crippen MR) is 73.8 cm³/mol. The van der Waals surface area contributed by atoms with Gasteiger partial charge in [-0.25, -0.2) is 0 Å². The van der Waals surface area contributed by atoms with Crippen molar-refractivity contribution < 1.29 is 4.74 Å². The number of ether oxygens (including phenoxy) is 1. The van der Waals surface area contributed by atoms with Crippen molar-refractivity contribution in [2.75, 3.05) is 33.3 Å². The fourth-order valence-corrected chi connectivity index (χ4v) is 4.35. The number of hydrogen-bond donors (Lipinski definition) is 0. The molecule has 3 heteroatoms. The Kier molecular flexibility index (Phi) is 3.41. The second-order valence-corrected chi connectivity index (χ2v) is 6.98. The van der Waals surface area contributed by atoms with Crippen LogP contribution in [0.2, 0.25) is 0 Å². The van der Waals surface area contributed by atoms with Crippen LogP contribution in [0.15, 0.2) is 0 Å². The lowest BCUT2D eigenvalue weighted by molar-refractivity contribution is -0.150. The first kappa shape index (κ1) is 12.9. The highest BCUT2D eigenvalue weighted by Gasteiger charge is 2.52. The highest BCUT2D eigenvalue weighted by Crippen LogP contribution is 2.46. The van der Waals surface area contributed by atoms with Gasteiger partial charge < -0.3 is 4.74 Å². The first-order valence-electron chi connectivity index (χ1n) is 7.64. The summed E-state index contributed by atoms with van der Waals surface area (Å²) in [6, 6.07) is 1.58. The Bertz CT molecular complexity index is 305. The van der Waals surface area contributed by atoms with Crippen LogP contribution in [0.3, 0.4) is 0 Å². The number of hydrogen-bond acceptors (Lipinski definition) is 3. The van der Waals surface area contributed by atoms with E-state index in [1.54, 1.807) is 0 Å². The lowest BCUT2D eigenvalue weighted by Crippen LogP contribution is -2.66. The van der Waals surface area contributed by atoms with Crippen LogP contribution < -0.4 is 0 Å². The van der Waals surface area contributed by atoms with Gasteiger partial charge in [-0.3, -0.25) is 9.80 Å². The van der Waals surface area contributed by atoms with Crippen LogP contribution in [0.25, 0.3) is 0 Å². The summed E-state index contributed by atoms with van der Waals surface area (Å²) in [6.07, 6.45) is 5.96. The number of fused-ring (bicyclic) bond motifs is 1. The van der Waals surface area contributed by atoms with Crippen molar-refractivity contribution in [3.8, 4) is 0 Å². The SMILES string of the molecule is COC1CC(N2CCN3CCCCC3C2)C1(C)C. The van der Waals surface area contributed by atoms with Gasteiger partial charge in [-0.1, -0.05) is 20.3 Å². The molecule has 0 N–H and O–H groups in total. The Morgan fingerprint density at radius 2 is 1.83 bits per heavy atom. The number of nitrogens with zero attached hydrogens (tertiary/aromatic N) is 2. The molecular weight excluding hydrogens is 224 g/mol. The van der Waals surface area contributed by atoms with Crippen LogP contribution in [0.1, 0.15) is 39.5 Å². The van der Waals surface area contributed by atoms with Crippen LogP contribution in [0.4, 0.5) is 0 Å². The molecule has 0 bridgehead atoms. The minimum atomic E-state index is 0.339. The lowest BCUT2D eigenvalue weighted by Gasteiger charge is -2.58. The second-order valence-electron chi connectivity index (χ2n) is 6.98. The average Bonchev–Trinajstić information content (AvgIpc) is 2.38. The lowest BCUT2D eigenvalue weighted by atomic mass is 9.63. The van der Waals surface area contributed by atoms with E-state index in [9.17, 15) is 0 Å². The van der Waals surface area contributed by atoms with E-state index in [2.05, 4.69) is 23.6 Å². The normalized spacial score (nSPS) is 41.2. The molecule has 0 aromatic carbocycles. The summed E-state index contributed by atoms with van der Waals surface area (Å²) < 4.78 is 5.59. The van der Waals surface area contributed by atoms with Crippen molar-refractivity contribution in [2.24, 2.45) is 5.41 Å². The topological polar surface area (TPSA) is 15.7 Å². The first-order valence-corrected chi connectivity index (χ1v) is 7.64. The summed E-state index contributed by atoms with van der Waals surface area (Å²) in [7, 11) is 1.86. The smallest absolute Gasteiger partial charge is 0.0652 e. The number of piperazine rings is 1. The van der Waals surface area contributed by atoms with E-state index >= 15 is 0 Å². The van der Waals surface area contributed by atoms with Gasteiger partial charge in [0, 0.05) is 44.2 Å². The molecule has 104 valence electrons. The fraction of sp³-hybridized carbons (Fsp3) is 1.00. The number of rotatable bonds is 2. The second kappa shape index (κ2) is 4.77. The highest BCUT2D eigenvalue weighted by molar-refractivity contribution is 5.05. The van der Waals surface area contributed by atoms with Gasteiger partial charge in [0.1, 0.15) is 0 Å². The molecule has 2 heterocycles. The Balaban J connectivity index is 1.61. The van der Waals surface area contributed by atoms with Crippen molar-refractivity contribution in [1.82, 2.24) is 9.80 Å². The van der Waals surface area contributed by atoms with E-state index in [1.807, 2.05) is 7.11 Å². The van der Waals surface area contributed by atoms with Crippen molar-refractivity contribution in [3.63, 3.8) is 0 Å². The third-order valence-corrected chi connectivity index (χ3v) is 5.72. The van der Waals surface area contributed by atoms with E-state index in [4.69, 9.17) is 4.74 Å². The Morgan fingerprint density at radius 1 is 1.06 bits per heavy atom. The van der Waals surface area contributed by atoms with Gasteiger partial charge in [0.15, 0.2) is 0 Å². The molecule has 3 nitrogen and oxygen atoms in total. The zero-order valence-corrected chi connectivity index (χ0v) is 12.2. The number of piperidine rings is 1. The van der Waals surface area contributed by atoms with Gasteiger partial charge in [0.05, 0.1) is 6.10 Å². The van der Waals surface area contributed by atoms with E-state index in [0.717, 1.165) is 12.1 Å². The Morgan fingerprint density at radius 3 is 2.56 bits per heavy atom. The maximum atomic E-state index is 5.59. The quantitative estimate of drug-likeness (QED) is 0.747. The fourth-order valence-electron chi connectivity index (χ4n) is 4.35. The molecule has 18 heavy (non-hydrogen) atoms. The summed E-state index contributed by atoms with van der Waals surface area (Å²) in [5.74, 6) is 0. The van der Waals surface area contributed by atoms with E-state index in [0.29, 0.717) is 11.5 Å². The van der Waals surface area contributed by atoms with Gasteiger partial charge in [0.25, 0.3) is 0 Å². The van der Waals surface area contributed by atoms with Crippen LogP contribution in [-0.4, -0.2) is 61.3 Å². The van der Waals surface area contributed by atoms with Crippen molar-refractivity contribution in [2.45, 2.75) is 57.7 Å². The van der Waals surface area contributed by atoms with Crippen LogP contribution in [0, 0.1) is 5.41 Å². The molecule has 3 aliphatic rings. The molecule has 1 aliphatic carbocycles. The molecule has 3 fully saturated rings. The van der Waals surface area contributed by atoms with Gasteiger partial charge in [-0.05, 0) is 25.8 Å². The largest absolute Gasteiger partial charge is 0.381 e. The van der Waals surface area contributed by atoms with Gasteiger partial charge >= 0.3 is 0 Å². The molecule has 1 saturated carbocycles. The molecule has 0 spiro atoms. The predicted octanol–water partition coefficient (Wildman–Crippen LogP) is 1.97.